The van der Waals surface area contributed by atoms with Crippen molar-refractivity contribution in [1.29, 1.82) is 0 Å². The van der Waals surface area contributed by atoms with E-state index >= 15 is 0 Å². The van der Waals surface area contributed by atoms with Gasteiger partial charge in [-0.05, 0) is 6.92 Å². The van der Waals surface area contributed by atoms with E-state index in [-0.39, 0.29) is 26.4 Å². The Morgan fingerprint density at radius 2 is 1.75 bits per heavy atom. The predicted molar refractivity (Wildman–Crippen MR) is 75.2 cm³/mol. The zero-order valence-corrected chi connectivity index (χ0v) is 13.6. The highest BCUT2D eigenvalue weighted by Crippen LogP contribution is 2.49. The van der Waals surface area contributed by atoms with E-state index in [1.807, 2.05) is 21.1 Å². The fourth-order valence-electron chi connectivity index (χ4n) is 1.05. The Bertz CT molecular complexity index is 352. The number of phosphoric ester groups is 1. The molecule has 1 unspecified atom stereocenters. The van der Waals surface area contributed by atoms with E-state index in [2.05, 4.69) is 6.58 Å². The lowest BCUT2D eigenvalue weighted by molar-refractivity contribution is -0.870. The van der Waals surface area contributed by atoms with Gasteiger partial charge in [0, 0.05) is 6.08 Å². The Labute approximate surface area is 120 Å². The quantitative estimate of drug-likeness (QED) is 0.190. The second-order valence-corrected chi connectivity index (χ2v) is 6.59. The molecule has 1 atom stereocenters. The van der Waals surface area contributed by atoms with Crippen molar-refractivity contribution in [3.05, 3.63) is 12.7 Å². The smallest absolute Gasteiger partial charge is 0.460 e. The number of ether oxygens (including phenoxy) is 1. The van der Waals surface area contributed by atoms with Gasteiger partial charge in [0.1, 0.15) is 19.8 Å². The van der Waals surface area contributed by atoms with Crippen LogP contribution in [0.15, 0.2) is 12.7 Å². The van der Waals surface area contributed by atoms with Gasteiger partial charge >= 0.3 is 13.8 Å². The summed E-state index contributed by atoms with van der Waals surface area (Å²) >= 11 is 0. The summed E-state index contributed by atoms with van der Waals surface area (Å²) in [6.07, 6.45) is 1.04. The lowest BCUT2D eigenvalue weighted by Gasteiger charge is -2.24. The second kappa shape index (κ2) is 9.26. The highest BCUT2D eigenvalue weighted by molar-refractivity contribution is 7.48. The van der Waals surface area contributed by atoms with Gasteiger partial charge in [0.25, 0.3) is 0 Å². The molecular weight excluding hydrogens is 285 g/mol. The topological polar surface area (TPSA) is 71.1 Å². The molecule has 0 aliphatic rings. The Morgan fingerprint density at radius 3 is 2.25 bits per heavy atom. The zero-order chi connectivity index (χ0) is 15.6. The standard InChI is InChI=1S/C12H25NO6P/c1-6-12(14)16-10-11-19-20(15,17-7-2)18-9-8-13(3,4)5/h6H,1,7-11H2,2-5H3/q+1. The molecule has 0 amide bonds. The molecule has 0 aliphatic carbocycles. The second-order valence-electron chi connectivity index (χ2n) is 4.92. The molecule has 8 heteroatoms. The molecule has 0 N–H and O–H groups in total. The monoisotopic (exact) mass is 310 g/mol. The van der Waals surface area contributed by atoms with Crippen LogP contribution in [0.25, 0.3) is 0 Å². The third-order valence-corrected chi connectivity index (χ3v) is 3.61. The molecule has 0 saturated heterocycles. The number of nitrogens with zero attached hydrogens (tertiary/aromatic N) is 1. The Hall–Kier alpha value is -0.720. The van der Waals surface area contributed by atoms with Gasteiger partial charge in [0.05, 0.1) is 34.4 Å². The molecule has 0 saturated carbocycles. The van der Waals surface area contributed by atoms with Crippen molar-refractivity contribution in [2.45, 2.75) is 6.92 Å². The van der Waals surface area contributed by atoms with Crippen LogP contribution < -0.4 is 0 Å². The molecule has 0 fully saturated rings. The first-order valence-corrected chi connectivity index (χ1v) is 7.82. The van der Waals surface area contributed by atoms with Crippen molar-refractivity contribution in [3.8, 4) is 0 Å². The summed E-state index contributed by atoms with van der Waals surface area (Å²) in [7, 11) is 2.37. The highest BCUT2D eigenvalue weighted by Gasteiger charge is 2.27. The number of likely N-dealkylation sites (N-methyl/N-ethyl adjacent to an activating group) is 1. The average Bonchev–Trinajstić information content (AvgIpc) is 2.33. The summed E-state index contributed by atoms with van der Waals surface area (Å²) in [5, 5.41) is 0. The van der Waals surface area contributed by atoms with Crippen molar-refractivity contribution in [3.63, 3.8) is 0 Å². The van der Waals surface area contributed by atoms with Gasteiger partial charge < -0.3 is 9.22 Å². The summed E-state index contributed by atoms with van der Waals surface area (Å²) < 4.78 is 32.9. The van der Waals surface area contributed by atoms with Crippen molar-refractivity contribution >= 4 is 13.8 Å². The molecule has 0 bridgehead atoms. The first-order chi connectivity index (χ1) is 9.22. The lowest BCUT2D eigenvalue weighted by Crippen LogP contribution is -2.37. The molecule has 0 aromatic heterocycles. The van der Waals surface area contributed by atoms with Gasteiger partial charge in [-0.1, -0.05) is 6.58 Å². The summed E-state index contributed by atoms with van der Waals surface area (Å²) in [5.74, 6) is -0.564. The summed E-state index contributed by atoms with van der Waals surface area (Å²) in [6.45, 7) is 5.95. The minimum absolute atomic E-state index is 0.0411. The summed E-state index contributed by atoms with van der Waals surface area (Å²) in [5.41, 5.74) is 0. The number of carbonyl (C=O) groups excluding carboxylic acids is 1. The molecule has 0 radical (unpaired) electrons. The third-order valence-electron chi connectivity index (χ3n) is 2.04. The number of rotatable bonds is 11. The normalized spacial score (nSPS) is 14.6. The van der Waals surface area contributed by atoms with Crippen LogP contribution >= 0.6 is 7.82 Å². The van der Waals surface area contributed by atoms with Crippen molar-refractivity contribution in [2.75, 3.05) is 54.1 Å². The molecule has 7 nitrogen and oxygen atoms in total. The lowest BCUT2D eigenvalue weighted by atomic mass is 10.5. The molecule has 0 spiro atoms. The SMILES string of the molecule is C=CC(=O)OCCOP(=O)(OCC)OCC[N+](C)(C)C. The van der Waals surface area contributed by atoms with Crippen molar-refractivity contribution in [1.82, 2.24) is 0 Å². The van der Waals surface area contributed by atoms with E-state index in [4.69, 9.17) is 18.3 Å². The Balaban J connectivity index is 4.14. The van der Waals surface area contributed by atoms with Crippen molar-refractivity contribution in [2.24, 2.45) is 0 Å². The highest BCUT2D eigenvalue weighted by atomic mass is 31.2. The summed E-state index contributed by atoms with van der Waals surface area (Å²) in [4.78, 5) is 10.8. The molecule has 118 valence electrons. The fourth-order valence-corrected chi connectivity index (χ4v) is 2.19. The van der Waals surface area contributed by atoms with Crippen LogP contribution in [0.4, 0.5) is 0 Å². The van der Waals surface area contributed by atoms with E-state index in [1.165, 1.54) is 0 Å². The van der Waals surface area contributed by atoms with E-state index in [9.17, 15) is 9.36 Å². The molecular formula is C12H25NO6P+. The first-order valence-electron chi connectivity index (χ1n) is 6.36. The van der Waals surface area contributed by atoms with Crippen LogP contribution in [0.2, 0.25) is 0 Å². The number of hydrogen-bond donors (Lipinski definition) is 0. The summed E-state index contributed by atoms with van der Waals surface area (Å²) in [6, 6.07) is 0. The van der Waals surface area contributed by atoms with Gasteiger partial charge in [0.2, 0.25) is 0 Å². The van der Waals surface area contributed by atoms with Gasteiger partial charge in [-0.2, -0.15) is 0 Å². The van der Waals surface area contributed by atoms with E-state index in [1.54, 1.807) is 6.92 Å². The van der Waals surface area contributed by atoms with E-state index in [0.29, 0.717) is 11.0 Å². The number of hydrogen-bond acceptors (Lipinski definition) is 6. The third kappa shape index (κ3) is 10.1. The molecule has 0 rings (SSSR count). The maximum atomic E-state index is 12.2. The van der Waals surface area contributed by atoms with E-state index < -0.39 is 13.8 Å². The van der Waals surface area contributed by atoms with Crippen LogP contribution in [-0.4, -0.2) is 64.6 Å². The zero-order valence-electron chi connectivity index (χ0n) is 12.7. The predicted octanol–water partition coefficient (Wildman–Crippen LogP) is 1.60. The first kappa shape index (κ1) is 19.3. The molecule has 0 aromatic carbocycles. The minimum atomic E-state index is -3.60. The van der Waals surface area contributed by atoms with Crippen LogP contribution in [0.3, 0.4) is 0 Å². The van der Waals surface area contributed by atoms with Gasteiger partial charge in [-0.25, -0.2) is 9.36 Å². The van der Waals surface area contributed by atoms with Crippen molar-refractivity contribution < 1.29 is 32.2 Å². The Morgan fingerprint density at radius 1 is 1.15 bits per heavy atom. The fraction of sp³-hybridized carbons (Fsp3) is 0.750. The Kier molecular flexibility index (Phi) is 8.93. The average molecular weight is 310 g/mol. The van der Waals surface area contributed by atoms with Gasteiger partial charge in [-0.15, -0.1) is 0 Å². The number of phosphoric acid groups is 1. The van der Waals surface area contributed by atoms with Crippen LogP contribution in [0, 0.1) is 0 Å². The maximum Gasteiger partial charge on any atom is 0.475 e. The van der Waals surface area contributed by atoms with E-state index in [0.717, 1.165) is 6.08 Å². The number of quaternary nitrogens is 1. The minimum Gasteiger partial charge on any atom is -0.460 e. The molecule has 0 aliphatic heterocycles. The number of esters is 1. The molecule has 20 heavy (non-hydrogen) atoms. The van der Waals surface area contributed by atoms with Crippen LogP contribution in [0.1, 0.15) is 6.92 Å². The van der Waals surface area contributed by atoms with Crippen LogP contribution in [-0.2, 0) is 27.7 Å². The van der Waals surface area contributed by atoms with Gasteiger partial charge in [0.15, 0.2) is 0 Å². The largest absolute Gasteiger partial charge is 0.475 e. The molecule has 0 heterocycles. The van der Waals surface area contributed by atoms with Crippen LogP contribution in [0.5, 0.6) is 0 Å². The maximum absolute atomic E-state index is 12.2. The number of carbonyl (C=O) groups is 1. The van der Waals surface area contributed by atoms with Gasteiger partial charge in [-0.3, -0.25) is 13.6 Å². The molecule has 0 aromatic rings.